The van der Waals surface area contributed by atoms with Crippen molar-refractivity contribution in [1.82, 2.24) is 3.97 Å². The zero-order valence-electron chi connectivity index (χ0n) is 14.1. The third-order valence-electron chi connectivity index (χ3n) is 3.71. The summed E-state index contributed by atoms with van der Waals surface area (Å²) in [4.78, 5) is 13.1. The molecule has 0 aliphatic heterocycles. The summed E-state index contributed by atoms with van der Waals surface area (Å²) in [5, 5.41) is 9.40. The standard InChI is InChI=1S/C19H13F3N2O2S/c1-12-2-6-15(7-3-12)27-24-16-11-14(26-19(20,21)22)5-4-13(16)10-17(24)18(25)8-9-23/h2-7,10-11H,8H2,1H3. The fourth-order valence-electron chi connectivity index (χ4n) is 2.51. The van der Waals surface area contributed by atoms with E-state index in [2.05, 4.69) is 4.74 Å². The summed E-state index contributed by atoms with van der Waals surface area (Å²) in [6.45, 7) is 1.93. The summed E-state index contributed by atoms with van der Waals surface area (Å²) in [6, 6.07) is 14.7. The van der Waals surface area contributed by atoms with Gasteiger partial charge in [0.2, 0.25) is 0 Å². The van der Waals surface area contributed by atoms with E-state index in [1.807, 2.05) is 31.2 Å². The number of ketones is 1. The first-order chi connectivity index (χ1) is 12.8. The molecule has 1 aromatic heterocycles. The average Bonchev–Trinajstić information content (AvgIpc) is 2.94. The first kappa shape index (κ1) is 18.9. The van der Waals surface area contributed by atoms with Gasteiger partial charge >= 0.3 is 6.36 Å². The Morgan fingerprint density at radius 3 is 2.52 bits per heavy atom. The van der Waals surface area contributed by atoms with Crippen LogP contribution in [0, 0.1) is 18.3 Å². The Bertz CT molecular complexity index is 1030. The first-order valence-corrected chi connectivity index (χ1v) is 8.60. The van der Waals surface area contributed by atoms with Gasteiger partial charge in [-0.3, -0.25) is 8.77 Å². The molecule has 4 nitrogen and oxygen atoms in total. The number of hydrogen-bond donors (Lipinski definition) is 0. The molecule has 0 aliphatic rings. The van der Waals surface area contributed by atoms with Crippen molar-refractivity contribution in [3.05, 3.63) is 59.8 Å². The monoisotopic (exact) mass is 390 g/mol. The van der Waals surface area contributed by atoms with E-state index in [0.29, 0.717) is 10.9 Å². The topological polar surface area (TPSA) is 55.0 Å². The second-order valence-corrected chi connectivity index (χ2v) is 6.77. The lowest BCUT2D eigenvalue weighted by Crippen LogP contribution is -2.17. The van der Waals surface area contributed by atoms with Crippen LogP contribution in [0.1, 0.15) is 22.5 Å². The molecule has 2 aromatic carbocycles. The third-order valence-corrected chi connectivity index (χ3v) is 4.77. The minimum absolute atomic E-state index is 0.237. The third kappa shape index (κ3) is 4.44. The number of carbonyl (C=O) groups excluding carboxylic acids is 1. The van der Waals surface area contributed by atoms with Crippen molar-refractivity contribution in [2.24, 2.45) is 0 Å². The number of rotatable bonds is 5. The molecule has 0 radical (unpaired) electrons. The number of hydrogen-bond acceptors (Lipinski definition) is 4. The summed E-state index contributed by atoms with van der Waals surface area (Å²) >= 11 is 1.19. The second kappa shape index (κ2) is 7.37. The lowest BCUT2D eigenvalue weighted by Gasteiger charge is -2.11. The summed E-state index contributed by atoms with van der Waals surface area (Å²) in [6.07, 6.45) is -5.13. The van der Waals surface area contributed by atoms with Crippen LogP contribution in [0.5, 0.6) is 5.75 Å². The maximum atomic E-state index is 12.5. The molecule has 138 valence electrons. The normalized spacial score (nSPS) is 11.4. The SMILES string of the molecule is Cc1ccc(Sn2c(C(=O)CC#N)cc3ccc(OC(F)(F)F)cc32)cc1. The Morgan fingerprint density at radius 1 is 1.19 bits per heavy atom. The van der Waals surface area contributed by atoms with Crippen molar-refractivity contribution in [2.45, 2.75) is 24.6 Å². The fourth-order valence-corrected chi connectivity index (χ4v) is 3.49. The van der Waals surface area contributed by atoms with Gasteiger partial charge in [0.1, 0.15) is 12.2 Å². The van der Waals surface area contributed by atoms with E-state index in [0.717, 1.165) is 10.5 Å². The minimum atomic E-state index is -4.81. The number of aromatic nitrogens is 1. The molecular formula is C19H13F3N2O2S. The predicted molar refractivity (Wildman–Crippen MR) is 95.6 cm³/mol. The van der Waals surface area contributed by atoms with Crippen molar-refractivity contribution in [3.8, 4) is 11.8 Å². The number of nitrogens with zero attached hydrogens (tertiary/aromatic N) is 2. The number of benzene rings is 2. The van der Waals surface area contributed by atoms with Gasteiger partial charge in [0.25, 0.3) is 0 Å². The first-order valence-electron chi connectivity index (χ1n) is 7.83. The number of Topliss-reactive ketones (excluding diaryl/α,β-unsaturated/α-hetero) is 1. The Kier molecular flexibility index (Phi) is 5.15. The molecular weight excluding hydrogens is 377 g/mol. The van der Waals surface area contributed by atoms with E-state index in [-0.39, 0.29) is 17.9 Å². The van der Waals surface area contributed by atoms with Crippen LogP contribution < -0.4 is 4.74 Å². The van der Waals surface area contributed by atoms with Crippen molar-refractivity contribution in [3.63, 3.8) is 0 Å². The summed E-state index contributed by atoms with van der Waals surface area (Å²) in [7, 11) is 0. The summed E-state index contributed by atoms with van der Waals surface area (Å²) in [5.41, 5.74) is 1.68. The molecule has 27 heavy (non-hydrogen) atoms. The molecule has 0 unspecified atom stereocenters. The number of aryl methyl sites for hydroxylation is 1. The molecule has 0 atom stereocenters. The highest BCUT2D eigenvalue weighted by Gasteiger charge is 2.31. The van der Waals surface area contributed by atoms with E-state index in [4.69, 9.17) is 5.26 Å². The quantitative estimate of drug-likeness (QED) is 0.540. The minimum Gasteiger partial charge on any atom is -0.406 e. The highest BCUT2D eigenvalue weighted by molar-refractivity contribution is 7.98. The number of carbonyl (C=O) groups is 1. The number of ether oxygens (including phenoxy) is 1. The van der Waals surface area contributed by atoms with Crippen molar-refractivity contribution in [2.75, 3.05) is 0 Å². The summed E-state index contributed by atoms with van der Waals surface area (Å²) in [5.74, 6) is -0.787. The van der Waals surface area contributed by atoms with E-state index in [1.165, 1.54) is 34.1 Å². The lowest BCUT2D eigenvalue weighted by molar-refractivity contribution is -0.274. The molecule has 0 saturated heterocycles. The maximum Gasteiger partial charge on any atom is 0.573 e. The number of nitriles is 1. The van der Waals surface area contributed by atoms with Gasteiger partial charge in [-0.15, -0.1) is 13.2 Å². The Morgan fingerprint density at radius 2 is 1.89 bits per heavy atom. The predicted octanol–water partition coefficient (Wildman–Crippen LogP) is 5.50. The van der Waals surface area contributed by atoms with Crippen molar-refractivity contribution in [1.29, 1.82) is 5.26 Å². The molecule has 3 aromatic rings. The fraction of sp³-hybridized carbons (Fsp3) is 0.158. The van der Waals surface area contributed by atoms with Gasteiger partial charge in [-0.1, -0.05) is 17.7 Å². The van der Waals surface area contributed by atoms with Gasteiger partial charge in [-0.25, -0.2) is 0 Å². The summed E-state index contributed by atoms with van der Waals surface area (Å²) < 4.78 is 43.1. The van der Waals surface area contributed by atoms with Gasteiger partial charge in [0.05, 0.1) is 17.3 Å². The van der Waals surface area contributed by atoms with Crippen LogP contribution in [0.25, 0.3) is 10.9 Å². The second-order valence-electron chi connectivity index (χ2n) is 5.75. The Labute approximate surface area is 157 Å². The van der Waals surface area contributed by atoms with E-state index >= 15 is 0 Å². The number of alkyl halides is 3. The van der Waals surface area contributed by atoms with Gasteiger partial charge in [-0.2, -0.15) is 5.26 Å². The molecule has 1 heterocycles. The van der Waals surface area contributed by atoms with Crippen molar-refractivity contribution < 1.29 is 22.7 Å². The molecule has 0 amide bonds. The van der Waals surface area contributed by atoms with Gasteiger partial charge in [0.15, 0.2) is 5.78 Å². The van der Waals surface area contributed by atoms with Crippen molar-refractivity contribution >= 4 is 28.6 Å². The van der Waals surface area contributed by atoms with Gasteiger partial charge < -0.3 is 4.74 Å². The molecule has 8 heteroatoms. The lowest BCUT2D eigenvalue weighted by atomic mass is 10.2. The van der Waals surface area contributed by atoms with Crippen LogP contribution in [-0.4, -0.2) is 16.1 Å². The van der Waals surface area contributed by atoms with E-state index < -0.39 is 12.1 Å². The van der Waals surface area contributed by atoms with Crippen LogP contribution in [0.4, 0.5) is 13.2 Å². The smallest absolute Gasteiger partial charge is 0.406 e. The van der Waals surface area contributed by atoms with Crippen LogP contribution >= 0.6 is 11.9 Å². The largest absolute Gasteiger partial charge is 0.573 e. The molecule has 0 fully saturated rings. The molecule has 0 aliphatic carbocycles. The molecule has 0 bridgehead atoms. The van der Waals surface area contributed by atoms with Crippen LogP contribution in [0.3, 0.4) is 0 Å². The van der Waals surface area contributed by atoms with E-state index in [9.17, 15) is 18.0 Å². The molecule has 0 saturated carbocycles. The average molecular weight is 390 g/mol. The zero-order chi connectivity index (χ0) is 19.6. The van der Waals surface area contributed by atoms with Gasteiger partial charge in [0, 0.05) is 16.3 Å². The highest BCUT2D eigenvalue weighted by atomic mass is 32.2. The van der Waals surface area contributed by atoms with Crippen LogP contribution in [0.15, 0.2) is 53.4 Å². The van der Waals surface area contributed by atoms with E-state index in [1.54, 1.807) is 12.1 Å². The molecule has 0 spiro atoms. The zero-order valence-corrected chi connectivity index (χ0v) is 14.9. The Hall–Kier alpha value is -2.92. The van der Waals surface area contributed by atoms with Crippen LogP contribution in [-0.2, 0) is 0 Å². The van der Waals surface area contributed by atoms with Crippen LogP contribution in [0.2, 0.25) is 0 Å². The molecule has 3 rings (SSSR count). The number of halogens is 3. The van der Waals surface area contributed by atoms with Gasteiger partial charge in [-0.05, 0) is 49.2 Å². The highest BCUT2D eigenvalue weighted by Crippen LogP contribution is 2.34. The maximum absolute atomic E-state index is 12.5. The Balaban J connectivity index is 2.11. The number of fused-ring (bicyclic) bond motifs is 1. The molecule has 0 N–H and O–H groups in total.